The highest BCUT2D eigenvalue weighted by atomic mass is 79.9. The summed E-state index contributed by atoms with van der Waals surface area (Å²) in [6.07, 6.45) is 2.61. The van der Waals surface area contributed by atoms with Crippen LogP contribution in [0.15, 0.2) is 22.8 Å². The standard InChI is InChI=1S/C11H13BrN2O2/c1-8(15)14-6-4-9(7-14)16-11-10(12)3-2-5-13-11/h2-3,5,9H,4,6-7H2,1H3. The van der Waals surface area contributed by atoms with Gasteiger partial charge in [0.05, 0.1) is 11.0 Å². The lowest BCUT2D eigenvalue weighted by atomic mass is 10.3. The number of aromatic nitrogens is 1. The van der Waals surface area contributed by atoms with Gasteiger partial charge in [0.1, 0.15) is 6.10 Å². The molecule has 0 aliphatic carbocycles. The van der Waals surface area contributed by atoms with Crippen molar-refractivity contribution in [1.29, 1.82) is 0 Å². The zero-order valence-electron chi connectivity index (χ0n) is 9.02. The van der Waals surface area contributed by atoms with E-state index in [0.717, 1.165) is 17.4 Å². The van der Waals surface area contributed by atoms with Gasteiger partial charge in [-0.25, -0.2) is 4.98 Å². The summed E-state index contributed by atoms with van der Waals surface area (Å²) in [4.78, 5) is 17.1. The van der Waals surface area contributed by atoms with Gasteiger partial charge in [0, 0.05) is 26.1 Å². The van der Waals surface area contributed by atoms with Crippen LogP contribution in [-0.4, -0.2) is 35.0 Å². The predicted octanol–water partition coefficient (Wildman–Crippen LogP) is 1.84. The molecule has 0 saturated carbocycles. The monoisotopic (exact) mass is 284 g/mol. The van der Waals surface area contributed by atoms with E-state index in [1.54, 1.807) is 18.0 Å². The van der Waals surface area contributed by atoms with Crippen LogP contribution in [0.1, 0.15) is 13.3 Å². The Labute approximate surface area is 103 Å². The van der Waals surface area contributed by atoms with Crippen LogP contribution in [0, 0.1) is 0 Å². The molecule has 16 heavy (non-hydrogen) atoms. The molecule has 1 aliphatic heterocycles. The zero-order chi connectivity index (χ0) is 11.5. The first-order chi connectivity index (χ1) is 7.66. The summed E-state index contributed by atoms with van der Waals surface area (Å²) in [5.41, 5.74) is 0. The molecule has 86 valence electrons. The van der Waals surface area contributed by atoms with Crippen molar-refractivity contribution in [3.63, 3.8) is 0 Å². The number of amides is 1. The van der Waals surface area contributed by atoms with Crippen molar-refractivity contribution in [1.82, 2.24) is 9.88 Å². The van der Waals surface area contributed by atoms with E-state index in [9.17, 15) is 4.79 Å². The van der Waals surface area contributed by atoms with Gasteiger partial charge in [-0.1, -0.05) is 0 Å². The Morgan fingerprint density at radius 1 is 1.69 bits per heavy atom. The molecule has 1 aliphatic rings. The second kappa shape index (κ2) is 4.82. The highest BCUT2D eigenvalue weighted by Crippen LogP contribution is 2.24. The van der Waals surface area contributed by atoms with E-state index in [-0.39, 0.29) is 12.0 Å². The summed E-state index contributed by atoms with van der Waals surface area (Å²) < 4.78 is 6.58. The van der Waals surface area contributed by atoms with Gasteiger partial charge >= 0.3 is 0 Å². The minimum atomic E-state index is 0.0510. The van der Waals surface area contributed by atoms with Crippen molar-refractivity contribution < 1.29 is 9.53 Å². The molecule has 2 rings (SSSR count). The summed E-state index contributed by atoms with van der Waals surface area (Å²) in [5, 5.41) is 0. The number of hydrogen-bond donors (Lipinski definition) is 0. The largest absolute Gasteiger partial charge is 0.472 e. The maximum Gasteiger partial charge on any atom is 0.228 e. The molecule has 1 aromatic rings. The van der Waals surface area contributed by atoms with Crippen molar-refractivity contribution in [2.75, 3.05) is 13.1 Å². The minimum Gasteiger partial charge on any atom is -0.472 e. The molecule has 1 saturated heterocycles. The molecule has 2 heterocycles. The smallest absolute Gasteiger partial charge is 0.228 e. The first-order valence-corrected chi connectivity index (χ1v) is 5.99. The molecule has 0 aromatic carbocycles. The third-order valence-corrected chi connectivity index (χ3v) is 3.20. The number of likely N-dealkylation sites (tertiary alicyclic amines) is 1. The fourth-order valence-corrected chi connectivity index (χ4v) is 2.07. The number of pyridine rings is 1. The topological polar surface area (TPSA) is 42.4 Å². The Balaban J connectivity index is 1.97. The molecule has 1 atom stereocenters. The van der Waals surface area contributed by atoms with E-state index in [2.05, 4.69) is 20.9 Å². The van der Waals surface area contributed by atoms with Gasteiger partial charge < -0.3 is 9.64 Å². The molecule has 1 unspecified atom stereocenters. The molecule has 1 fully saturated rings. The number of halogens is 1. The predicted molar refractivity (Wildman–Crippen MR) is 63.2 cm³/mol. The molecule has 5 heteroatoms. The van der Waals surface area contributed by atoms with Crippen molar-refractivity contribution in [2.24, 2.45) is 0 Å². The van der Waals surface area contributed by atoms with Crippen molar-refractivity contribution in [2.45, 2.75) is 19.4 Å². The van der Waals surface area contributed by atoms with E-state index in [4.69, 9.17) is 4.74 Å². The first kappa shape index (κ1) is 11.4. The molecule has 4 nitrogen and oxygen atoms in total. The Morgan fingerprint density at radius 3 is 3.12 bits per heavy atom. The Kier molecular flexibility index (Phi) is 3.43. The van der Waals surface area contributed by atoms with Crippen molar-refractivity contribution in [3.05, 3.63) is 22.8 Å². The van der Waals surface area contributed by atoms with Crippen LogP contribution in [0.3, 0.4) is 0 Å². The van der Waals surface area contributed by atoms with Gasteiger partial charge in [-0.3, -0.25) is 4.79 Å². The highest BCUT2D eigenvalue weighted by molar-refractivity contribution is 9.10. The molecule has 0 N–H and O–H groups in total. The maximum atomic E-state index is 11.2. The lowest BCUT2D eigenvalue weighted by Crippen LogP contribution is -2.28. The number of carbonyl (C=O) groups excluding carboxylic acids is 1. The van der Waals surface area contributed by atoms with E-state index < -0.39 is 0 Å². The van der Waals surface area contributed by atoms with Crippen LogP contribution in [-0.2, 0) is 4.79 Å². The fraction of sp³-hybridized carbons (Fsp3) is 0.455. The number of rotatable bonds is 2. The van der Waals surface area contributed by atoms with E-state index in [0.29, 0.717) is 12.4 Å². The van der Waals surface area contributed by atoms with Crippen LogP contribution in [0.4, 0.5) is 0 Å². The molecule has 1 amide bonds. The Bertz CT molecular complexity index is 397. The van der Waals surface area contributed by atoms with Gasteiger partial charge in [0.15, 0.2) is 0 Å². The normalized spacial score (nSPS) is 19.9. The third-order valence-electron chi connectivity index (χ3n) is 2.59. The van der Waals surface area contributed by atoms with Gasteiger partial charge in [-0.2, -0.15) is 0 Å². The summed E-state index contributed by atoms with van der Waals surface area (Å²) in [5.74, 6) is 0.698. The average molecular weight is 285 g/mol. The van der Waals surface area contributed by atoms with E-state index >= 15 is 0 Å². The number of ether oxygens (including phenoxy) is 1. The van der Waals surface area contributed by atoms with Gasteiger partial charge in [0.2, 0.25) is 11.8 Å². The average Bonchev–Trinajstić information content (AvgIpc) is 2.70. The summed E-state index contributed by atoms with van der Waals surface area (Å²) >= 11 is 3.38. The van der Waals surface area contributed by atoms with E-state index in [1.807, 2.05) is 12.1 Å². The molecule has 1 aromatic heterocycles. The molecule has 0 radical (unpaired) electrons. The SMILES string of the molecule is CC(=O)N1CCC(Oc2ncccc2Br)C1. The number of nitrogens with zero attached hydrogens (tertiary/aromatic N) is 2. The quantitative estimate of drug-likeness (QED) is 0.832. The second-order valence-corrected chi connectivity index (χ2v) is 4.64. The number of hydrogen-bond acceptors (Lipinski definition) is 3. The van der Waals surface area contributed by atoms with Crippen LogP contribution < -0.4 is 4.74 Å². The lowest BCUT2D eigenvalue weighted by molar-refractivity contribution is -0.128. The number of carbonyl (C=O) groups is 1. The second-order valence-electron chi connectivity index (χ2n) is 3.78. The van der Waals surface area contributed by atoms with Gasteiger partial charge in [-0.05, 0) is 28.1 Å². The molecule has 0 spiro atoms. The van der Waals surface area contributed by atoms with Crippen molar-refractivity contribution >= 4 is 21.8 Å². The third kappa shape index (κ3) is 2.52. The maximum absolute atomic E-state index is 11.2. The van der Waals surface area contributed by atoms with Gasteiger partial charge in [-0.15, -0.1) is 0 Å². The Hall–Kier alpha value is -1.10. The Morgan fingerprint density at radius 2 is 2.50 bits per heavy atom. The summed E-state index contributed by atoms with van der Waals surface area (Å²) in [7, 11) is 0. The highest BCUT2D eigenvalue weighted by Gasteiger charge is 2.26. The molecular formula is C11H13BrN2O2. The lowest BCUT2D eigenvalue weighted by Gasteiger charge is -2.15. The molecule has 0 bridgehead atoms. The van der Waals surface area contributed by atoms with Crippen molar-refractivity contribution in [3.8, 4) is 5.88 Å². The van der Waals surface area contributed by atoms with Crippen LogP contribution >= 0.6 is 15.9 Å². The first-order valence-electron chi connectivity index (χ1n) is 5.19. The van der Waals surface area contributed by atoms with Crippen LogP contribution in [0.25, 0.3) is 0 Å². The molecular weight excluding hydrogens is 272 g/mol. The zero-order valence-corrected chi connectivity index (χ0v) is 10.6. The van der Waals surface area contributed by atoms with Crippen LogP contribution in [0.2, 0.25) is 0 Å². The van der Waals surface area contributed by atoms with Crippen LogP contribution in [0.5, 0.6) is 5.88 Å². The van der Waals surface area contributed by atoms with Gasteiger partial charge in [0.25, 0.3) is 0 Å². The fourth-order valence-electron chi connectivity index (χ4n) is 1.73. The minimum absolute atomic E-state index is 0.0510. The summed E-state index contributed by atoms with van der Waals surface area (Å²) in [6.45, 7) is 3.00. The summed E-state index contributed by atoms with van der Waals surface area (Å²) in [6, 6.07) is 3.73. The van der Waals surface area contributed by atoms with E-state index in [1.165, 1.54) is 0 Å².